The van der Waals surface area contributed by atoms with Gasteiger partial charge in [-0.1, -0.05) is 25.1 Å². The lowest BCUT2D eigenvalue weighted by Crippen LogP contribution is -2.24. The van der Waals surface area contributed by atoms with E-state index in [0.29, 0.717) is 6.54 Å². The van der Waals surface area contributed by atoms with Crippen molar-refractivity contribution in [2.75, 3.05) is 26.7 Å². The summed E-state index contributed by atoms with van der Waals surface area (Å²) in [5.74, 6) is 0.315. The Kier molecular flexibility index (Phi) is 5.01. The van der Waals surface area contributed by atoms with Crippen LogP contribution < -0.4 is 4.74 Å². The number of aryl methyl sites for hydroxylation is 1. The van der Waals surface area contributed by atoms with E-state index in [1.165, 1.54) is 5.56 Å². The zero-order chi connectivity index (χ0) is 14.5. The largest absolute Gasteiger partial charge is 0.496 e. The number of carbonyl (C=O) groups is 1. The highest BCUT2D eigenvalue weighted by Gasteiger charge is 2.34. The first-order chi connectivity index (χ1) is 9.61. The molecule has 0 radical (unpaired) electrons. The summed E-state index contributed by atoms with van der Waals surface area (Å²) in [7, 11) is 1.69. The van der Waals surface area contributed by atoms with Crippen molar-refractivity contribution in [3.63, 3.8) is 0 Å². The molecule has 0 bridgehead atoms. The van der Waals surface area contributed by atoms with E-state index in [-0.39, 0.29) is 11.8 Å². The topological polar surface area (TPSA) is 49.8 Å². The van der Waals surface area contributed by atoms with Crippen molar-refractivity contribution in [1.29, 1.82) is 0 Å². The number of hydrogen-bond donors (Lipinski definition) is 1. The lowest BCUT2D eigenvalue weighted by Gasteiger charge is -2.15. The van der Waals surface area contributed by atoms with Crippen molar-refractivity contribution in [1.82, 2.24) is 4.90 Å². The van der Waals surface area contributed by atoms with Gasteiger partial charge in [0.1, 0.15) is 5.75 Å². The van der Waals surface area contributed by atoms with Crippen LogP contribution in [0, 0.1) is 11.8 Å². The normalized spacial score (nSPS) is 22.9. The summed E-state index contributed by atoms with van der Waals surface area (Å²) in [4.78, 5) is 13.4. The van der Waals surface area contributed by atoms with Crippen LogP contribution in [0.4, 0.5) is 0 Å². The van der Waals surface area contributed by atoms with E-state index in [9.17, 15) is 4.79 Å². The van der Waals surface area contributed by atoms with Gasteiger partial charge in [0.15, 0.2) is 0 Å². The summed E-state index contributed by atoms with van der Waals surface area (Å²) in [6.45, 7) is 4.55. The maximum atomic E-state index is 11.1. The molecular formula is C16H23NO3. The number of methoxy groups -OCH3 is 1. The van der Waals surface area contributed by atoms with Crippen LogP contribution in [0.1, 0.15) is 18.9 Å². The number of nitrogens with zero attached hydrogens (tertiary/aromatic N) is 1. The number of aliphatic carboxylic acids is 1. The van der Waals surface area contributed by atoms with E-state index in [4.69, 9.17) is 9.84 Å². The molecule has 4 heteroatoms. The minimum atomic E-state index is -0.662. The zero-order valence-electron chi connectivity index (χ0n) is 12.2. The van der Waals surface area contributed by atoms with Crippen LogP contribution in [0.2, 0.25) is 0 Å². The van der Waals surface area contributed by atoms with Gasteiger partial charge in [0.2, 0.25) is 0 Å². The molecule has 1 aliphatic heterocycles. The molecule has 0 aliphatic carbocycles. The minimum absolute atomic E-state index is 0.207. The number of carboxylic acid groups (broad SMARTS) is 1. The maximum absolute atomic E-state index is 11.1. The Hall–Kier alpha value is -1.55. The third kappa shape index (κ3) is 3.51. The van der Waals surface area contributed by atoms with Crippen molar-refractivity contribution in [2.45, 2.75) is 19.8 Å². The van der Waals surface area contributed by atoms with Crippen LogP contribution in [0.5, 0.6) is 5.75 Å². The van der Waals surface area contributed by atoms with Gasteiger partial charge in [0.25, 0.3) is 0 Å². The molecule has 4 nitrogen and oxygen atoms in total. The van der Waals surface area contributed by atoms with Crippen LogP contribution >= 0.6 is 0 Å². The number of benzene rings is 1. The third-order valence-electron chi connectivity index (χ3n) is 4.12. The van der Waals surface area contributed by atoms with Crippen molar-refractivity contribution in [2.24, 2.45) is 11.8 Å². The molecule has 0 amide bonds. The quantitative estimate of drug-likeness (QED) is 0.866. The van der Waals surface area contributed by atoms with Crippen LogP contribution in [0.15, 0.2) is 24.3 Å². The van der Waals surface area contributed by atoms with Gasteiger partial charge in [0, 0.05) is 13.1 Å². The second-order valence-electron chi connectivity index (χ2n) is 5.60. The third-order valence-corrected chi connectivity index (χ3v) is 4.12. The molecule has 1 aromatic carbocycles. The Morgan fingerprint density at radius 1 is 1.40 bits per heavy atom. The minimum Gasteiger partial charge on any atom is -0.496 e. The predicted octanol–water partition coefficient (Wildman–Crippen LogP) is 2.28. The van der Waals surface area contributed by atoms with E-state index < -0.39 is 5.97 Å². The number of para-hydroxylation sites is 1. The highest BCUT2D eigenvalue weighted by atomic mass is 16.5. The number of hydrogen-bond acceptors (Lipinski definition) is 3. The number of carboxylic acids is 1. The van der Waals surface area contributed by atoms with Crippen molar-refractivity contribution >= 4 is 5.97 Å². The van der Waals surface area contributed by atoms with Gasteiger partial charge < -0.3 is 14.7 Å². The first-order valence-electron chi connectivity index (χ1n) is 7.19. The molecule has 110 valence electrons. The van der Waals surface area contributed by atoms with Gasteiger partial charge in [-0.15, -0.1) is 0 Å². The number of rotatable bonds is 6. The Labute approximate surface area is 120 Å². The molecule has 1 aromatic rings. The lowest BCUT2D eigenvalue weighted by molar-refractivity contribution is -0.142. The van der Waals surface area contributed by atoms with E-state index >= 15 is 0 Å². The van der Waals surface area contributed by atoms with Crippen molar-refractivity contribution in [3.05, 3.63) is 29.8 Å². The zero-order valence-corrected chi connectivity index (χ0v) is 12.2. The summed E-state index contributed by atoms with van der Waals surface area (Å²) in [6, 6.07) is 8.07. The lowest BCUT2D eigenvalue weighted by atomic mass is 9.99. The van der Waals surface area contributed by atoms with Gasteiger partial charge in [-0.05, 0) is 36.9 Å². The fourth-order valence-electron chi connectivity index (χ4n) is 2.97. The van der Waals surface area contributed by atoms with Crippen LogP contribution in [-0.2, 0) is 11.2 Å². The van der Waals surface area contributed by atoms with Crippen LogP contribution in [0.25, 0.3) is 0 Å². The molecule has 0 spiro atoms. The number of likely N-dealkylation sites (tertiary alicyclic amines) is 1. The smallest absolute Gasteiger partial charge is 0.308 e. The van der Waals surface area contributed by atoms with E-state index in [2.05, 4.69) is 11.0 Å². The summed E-state index contributed by atoms with van der Waals surface area (Å²) in [5.41, 5.74) is 1.22. The van der Waals surface area contributed by atoms with Gasteiger partial charge in [0.05, 0.1) is 13.0 Å². The molecule has 0 aromatic heterocycles. The molecule has 2 atom stereocenters. The van der Waals surface area contributed by atoms with Gasteiger partial charge in [-0.3, -0.25) is 4.79 Å². The Morgan fingerprint density at radius 2 is 2.15 bits per heavy atom. The molecule has 2 rings (SSSR count). The Morgan fingerprint density at radius 3 is 2.80 bits per heavy atom. The fourth-order valence-corrected chi connectivity index (χ4v) is 2.97. The average Bonchev–Trinajstić information content (AvgIpc) is 2.80. The van der Waals surface area contributed by atoms with Gasteiger partial charge in [-0.2, -0.15) is 0 Å². The Balaban J connectivity index is 1.81. The summed E-state index contributed by atoms with van der Waals surface area (Å²) < 4.78 is 5.34. The first-order valence-corrected chi connectivity index (χ1v) is 7.19. The average molecular weight is 277 g/mol. The van der Waals surface area contributed by atoms with Gasteiger partial charge >= 0.3 is 5.97 Å². The fraction of sp³-hybridized carbons (Fsp3) is 0.562. The monoisotopic (exact) mass is 277 g/mol. The summed E-state index contributed by atoms with van der Waals surface area (Å²) >= 11 is 0. The molecule has 20 heavy (non-hydrogen) atoms. The molecule has 1 heterocycles. The molecule has 0 unspecified atom stereocenters. The molecule has 1 saturated heterocycles. The molecule has 0 saturated carbocycles. The molecule has 1 fully saturated rings. The standard InChI is InChI=1S/C16H23NO3/c1-12-10-17(11-14(12)16(18)19)9-5-7-13-6-3-4-8-15(13)20-2/h3-4,6,8,12,14H,5,7,9-11H2,1-2H3,(H,18,19)/t12-,14-/m1/s1. The summed E-state index contributed by atoms with van der Waals surface area (Å²) in [6.07, 6.45) is 1.99. The SMILES string of the molecule is COc1ccccc1CCCN1C[C@@H](C)[C@H](C(=O)O)C1. The molecular weight excluding hydrogens is 254 g/mol. The second kappa shape index (κ2) is 6.75. The predicted molar refractivity (Wildman–Crippen MR) is 78.0 cm³/mol. The van der Waals surface area contributed by atoms with Crippen LogP contribution in [-0.4, -0.2) is 42.7 Å². The molecule has 1 aliphatic rings. The number of ether oxygens (including phenoxy) is 1. The Bertz CT molecular complexity index is 461. The van der Waals surface area contributed by atoms with E-state index in [1.54, 1.807) is 7.11 Å². The van der Waals surface area contributed by atoms with Crippen molar-refractivity contribution < 1.29 is 14.6 Å². The summed E-state index contributed by atoms with van der Waals surface area (Å²) in [5, 5.41) is 9.13. The highest BCUT2D eigenvalue weighted by Crippen LogP contribution is 2.24. The van der Waals surface area contributed by atoms with Crippen molar-refractivity contribution in [3.8, 4) is 5.75 Å². The van der Waals surface area contributed by atoms with E-state index in [1.807, 2.05) is 25.1 Å². The van der Waals surface area contributed by atoms with Gasteiger partial charge in [-0.25, -0.2) is 0 Å². The maximum Gasteiger partial charge on any atom is 0.308 e. The van der Waals surface area contributed by atoms with Crippen LogP contribution in [0.3, 0.4) is 0 Å². The molecule has 1 N–H and O–H groups in total. The highest BCUT2D eigenvalue weighted by molar-refractivity contribution is 5.71. The van der Waals surface area contributed by atoms with E-state index in [0.717, 1.165) is 31.7 Å². The first kappa shape index (κ1) is 14.9. The second-order valence-corrected chi connectivity index (χ2v) is 5.60.